The van der Waals surface area contributed by atoms with Crippen molar-refractivity contribution in [1.29, 1.82) is 5.26 Å². The molecule has 0 saturated heterocycles. The predicted molar refractivity (Wildman–Crippen MR) is 73.5 cm³/mol. The molecule has 2 aromatic rings. The Hall–Kier alpha value is -1.73. The average molecular weight is 257 g/mol. The average Bonchev–Trinajstić information content (AvgIpc) is 2.71. The first-order valence-corrected chi connectivity index (χ1v) is 6.72. The van der Waals surface area contributed by atoms with E-state index in [1.54, 1.807) is 0 Å². The number of hydrogen-bond donors (Lipinski definition) is 1. The lowest BCUT2D eigenvalue weighted by Crippen LogP contribution is -1.92. The minimum absolute atomic E-state index is 0.0832. The van der Waals surface area contributed by atoms with Crippen molar-refractivity contribution in [3.05, 3.63) is 47.3 Å². The summed E-state index contributed by atoms with van der Waals surface area (Å²) in [6.45, 7) is 3.89. The molecule has 1 aromatic carbocycles. The molecular formula is C14H15N3S. The number of thioether (sulfide) groups is 1. The van der Waals surface area contributed by atoms with Crippen LogP contribution in [-0.2, 0) is 6.42 Å². The molecule has 0 saturated carbocycles. The Bertz CT molecular complexity index is 554. The monoisotopic (exact) mass is 257 g/mol. The van der Waals surface area contributed by atoms with Crippen LogP contribution in [0.15, 0.2) is 35.5 Å². The van der Waals surface area contributed by atoms with Crippen LogP contribution in [0.1, 0.15) is 23.9 Å². The third kappa shape index (κ3) is 3.14. The summed E-state index contributed by atoms with van der Waals surface area (Å²) in [5.74, 6) is 0. The summed E-state index contributed by atoms with van der Waals surface area (Å²) in [5, 5.41) is 9.54. The molecule has 0 spiro atoms. The number of H-pyrrole nitrogens is 1. The van der Waals surface area contributed by atoms with E-state index in [9.17, 15) is 0 Å². The van der Waals surface area contributed by atoms with Crippen molar-refractivity contribution >= 4 is 11.8 Å². The number of hydrogen-bond acceptors (Lipinski definition) is 3. The van der Waals surface area contributed by atoms with Gasteiger partial charge in [0.1, 0.15) is 0 Å². The Labute approximate surface area is 111 Å². The number of aromatic nitrogens is 2. The van der Waals surface area contributed by atoms with Crippen molar-refractivity contribution in [2.45, 2.75) is 30.7 Å². The predicted octanol–water partition coefficient (Wildman–Crippen LogP) is 3.31. The van der Waals surface area contributed by atoms with Gasteiger partial charge in [0, 0.05) is 12.1 Å². The van der Waals surface area contributed by atoms with Gasteiger partial charge in [-0.25, -0.2) is 4.98 Å². The zero-order valence-corrected chi connectivity index (χ0v) is 11.3. The van der Waals surface area contributed by atoms with E-state index in [0.29, 0.717) is 0 Å². The molecule has 0 aliphatic rings. The zero-order valence-electron chi connectivity index (χ0n) is 10.5. The third-order valence-corrected chi connectivity index (χ3v) is 3.52. The highest BCUT2D eigenvalue weighted by Gasteiger charge is 2.10. The summed E-state index contributed by atoms with van der Waals surface area (Å²) in [6, 6.07) is 12.5. The molecule has 0 aliphatic carbocycles. The van der Waals surface area contributed by atoms with E-state index < -0.39 is 0 Å². The lowest BCUT2D eigenvalue weighted by Gasteiger charge is -1.98. The number of benzene rings is 1. The van der Waals surface area contributed by atoms with Crippen molar-refractivity contribution < 1.29 is 0 Å². The topological polar surface area (TPSA) is 52.5 Å². The molecule has 1 heterocycles. The molecule has 1 atom stereocenters. The normalized spacial score (nSPS) is 12.1. The summed E-state index contributed by atoms with van der Waals surface area (Å²) in [4.78, 5) is 7.78. The lowest BCUT2D eigenvalue weighted by atomic mass is 10.1. The van der Waals surface area contributed by atoms with E-state index in [2.05, 4.69) is 28.2 Å². The molecule has 0 bridgehead atoms. The SMILES string of the molecule is Cc1[nH]c(SC(C)C#N)nc1Cc1ccccc1. The number of nitrogens with one attached hydrogen (secondary N) is 1. The summed E-state index contributed by atoms with van der Waals surface area (Å²) in [5.41, 5.74) is 3.37. The molecule has 92 valence electrons. The van der Waals surface area contributed by atoms with Crippen LogP contribution in [0.3, 0.4) is 0 Å². The first kappa shape index (κ1) is 12.7. The number of aryl methyl sites for hydroxylation is 1. The van der Waals surface area contributed by atoms with Gasteiger partial charge in [-0.2, -0.15) is 5.26 Å². The summed E-state index contributed by atoms with van der Waals surface area (Å²) >= 11 is 1.46. The van der Waals surface area contributed by atoms with Gasteiger partial charge in [0.2, 0.25) is 0 Å². The zero-order chi connectivity index (χ0) is 13.0. The Morgan fingerprint density at radius 3 is 2.78 bits per heavy atom. The van der Waals surface area contributed by atoms with E-state index in [0.717, 1.165) is 23.0 Å². The van der Waals surface area contributed by atoms with Gasteiger partial charge in [-0.05, 0) is 19.4 Å². The molecule has 3 nitrogen and oxygen atoms in total. The van der Waals surface area contributed by atoms with Crippen molar-refractivity contribution in [1.82, 2.24) is 9.97 Å². The highest BCUT2D eigenvalue weighted by atomic mass is 32.2. The quantitative estimate of drug-likeness (QED) is 0.855. The molecule has 1 N–H and O–H groups in total. The Morgan fingerprint density at radius 2 is 2.11 bits per heavy atom. The maximum Gasteiger partial charge on any atom is 0.167 e. The van der Waals surface area contributed by atoms with Crippen LogP contribution in [0, 0.1) is 18.3 Å². The standard InChI is InChI=1S/C14H15N3S/c1-10(9-15)18-14-16-11(2)13(17-14)8-12-6-4-3-5-7-12/h3-7,10H,8H2,1-2H3,(H,16,17). The minimum atomic E-state index is -0.0832. The van der Waals surface area contributed by atoms with Crippen LogP contribution in [-0.4, -0.2) is 15.2 Å². The second kappa shape index (κ2) is 5.74. The smallest absolute Gasteiger partial charge is 0.167 e. The van der Waals surface area contributed by atoms with Crippen LogP contribution in [0.2, 0.25) is 0 Å². The molecule has 18 heavy (non-hydrogen) atoms. The minimum Gasteiger partial charge on any atom is -0.337 e. The fourth-order valence-corrected chi connectivity index (χ4v) is 2.44. The first-order chi connectivity index (χ1) is 8.69. The molecular weight excluding hydrogens is 242 g/mol. The van der Waals surface area contributed by atoms with Crippen molar-refractivity contribution in [3.8, 4) is 6.07 Å². The van der Waals surface area contributed by atoms with Gasteiger partial charge in [-0.15, -0.1) is 0 Å². The van der Waals surface area contributed by atoms with E-state index in [1.165, 1.54) is 17.3 Å². The first-order valence-electron chi connectivity index (χ1n) is 5.84. The fraction of sp³-hybridized carbons (Fsp3) is 0.286. The Morgan fingerprint density at radius 1 is 1.39 bits per heavy atom. The van der Waals surface area contributed by atoms with E-state index in [-0.39, 0.29) is 5.25 Å². The number of rotatable bonds is 4. The van der Waals surface area contributed by atoms with Crippen molar-refractivity contribution in [2.24, 2.45) is 0 Å². The Kier molecular flexibility index (Phi) is 4.06. The van der Waals surface area contributed by atoms with Crippen LogP contribution >= 0.6 is 11.8 Å². The summed E-state index contributed by atoms with van der Waals surface area (Å²) in [6.07, 6.45) is 0.824. The largest absolute Gasteiger partial charge is 0.337 e. The number of aromatic amines is 1. The number of nitrogens with zero attached hydrogens (tertiary/aromatic N) is 2. The molecule has 0 amide bonds. The van der Waals surface area contributed by atoms with Crippen molar-refractivity contribution in [2.75, 3.05) is 0 Å². The van der Waals surface area contributed by atoms with E-state index in [4.69, 9.17) is 5.26 Å². The molecule has 1 unspecified atom stereocenters. The van der Waals surface area contributed by atoms with E-state index >= 15 is 0 Å². The van der Waals surface area contributed by atoms with Crippen LogP contribution in [0.25, 0.3) is 0 Å². The van der Waals surface area contributed by atoms with Gasteiger partial charge in [-0.1, -0.05) is 42.1 Å². The van der Waals surface area contributed by atoms with Gasteiger partial charge < -0.3 is 4.98 Å². The fourth-order valence-electron chi connectivity index (χ4n) is 1.68. The molecule has 4 heteroatoms. The molecule has 1 aromatic heterocycles. The molecule has 0 aliphatic heterocycles. The number of nitriles is 1. The summed E-state index contributed by atoms with van der Waals surface area (Å²) in [7, 11) is 0. The van der Waals surface area contributed by atoms with Gasteiger partial charge in [0.25, 0.3) is 0 Å². The maximum atomic E-state index is 8.79. The molecule has 0 radical (unpaired) electrons. The van der Waals surface area contributed by atoms with E-state index in [1.807, 2.05) is 32.0 Å². The van der Waals surface area contributed by atoms with Gasteiger partial charge in [0.15, 0.2) is 5.16 Å². The number of imidazole rings is 1. The maximum absolute atomic E-state index is 8.79. The van der Waals surface area contributed by atoms with Crippen LogP contribution < -0.4 is 0 Å². The lowest BCUT2D eigenvalue weighted by molar-refractivity contribution is 1.01. The summed E-state index contributed by atoms with van der Waals surface area (Å²) < 4.78 is 0. The Balaban J connectivity index is 2.13. The highest BCUT2D eigenvalue weighted by Crippen LogP contribution is 2.22. The highest BCUT2D eigenvalue weighted by molar-refractivity contribution is 8.00. The molecule has 2 rings (SSSR count). The van der Waals surface area contributed by atoms with Crippen molar-refractivity contribution in [3.63, 3.8) is 0 Å². The van der Waals surface area contributed by atoms with Crippen LogP contribution in [0.5, 0.6) is 0 Å². The molecule has 0 fully saturated rings. The third-order valence-electron chi connectivity index (χ3n) is 2.65. The second-order valence-electron chi connectivity index (χ2n) is 4.17. The van der Waals surface area contributed by atoms with Gasteiger partial charge in [0.05, 0.1) is 17.0 Å². The van der Waals surface area contributed by atoms with Crippen LogP contribution in [0.4, 0.5) is 0 Å². The van der Waals surface area contributed by atoms with Gasteiger partial charge >= 0.3 is 0 Å². The second-order valence-corrected chi connectivity index (χ2v) is 5.49. The van der Waals surface area contributed by atoms with Gasteiger partial charge in [-0.3, -0.25) is 0 Å².